The topological polar surface area (TPSA) is 15.8 Å². The number of halogens is 2. The zero-order valence-corrected chi connectivity index (χ0v) is 18.2. The Balaban J connectivity index is 0.00000121. The van der Waals surface area contributed by atoms with Gasteiger partial charge in [0.1, 0.15) is 0 Å². The van der Waals surface area contributed by atoms with Gasteiger partial charge in [-0.2, -0.15) is 0 Å². The molecule has 2 aromatic rings. The second-order valence-electron chi connectivity index (χ2n) is 5.60. The van der Waals surface area contributed by atoms with E-state index in [9.17, 15) is 0 Å². The first-order valence-corrected chi connectivity index (χ1v) is 11.9. The van der Waals surface area contributed by atoms with E-state index in [0.717, 1.165) is 0 Å². The number of H-pyrrole nitrogens is 1. The molecule has 1 aromatic carbocycles. The Hall–Kier alpha value is -0.210. The van der Waals surface area contributed by atoms with Crippen LogP contribution < -0.4 is 28.2 Å². The van der Waals surface area contributed by atoms with Gasteiger partial charge in [0.05, 0.1) is 0 Å². The molecule has 0 spiro atoms. The summed E-state index contributed by atoms with van der Waals surface area (Å²) in [4.78, 5) is 3.70. The van der Waals surface area contributed by atoms with Crippen LogP contribution in [0.15, 0.2) is 39.7 Å². The quantitative estimate of drug-likeness (QED) is 0.509. The predicted molar refractivity (Wildman–Crippen MR) is 87.1 cm³/mol. The monoisotopic (exact) mass is 425 g/mol. The van der Waals surface area contributed by atoms with E-state index in [-0.39, 0.29) is 33.2 Å². The second kappa shape index (κ2) is 8.06. The van der Waals surface area contributed by atoms with Crippen molar-refractivity contribution in [3.63, 3.8) is 0 Å². The summed E-state index contributed by atoms with van der Waals surface area (Å²) in [5.41, 5.74) is 4.18. The van der Waals surface area contributed by atoms with Gasteiger partial charge in [0.25, 0.3) is 0 Å². The molecule has 22 heavy (non-hydrogen) atoms. The number of nitrogens with one attached hydrogen (secondary N) is 1. The molecule has 1 nitrogen and oxygen atoms in total. The van der Waals surface area contributed by atoms with Gasteiger partial charge in [0.15, 0.2) is 0 Å². The summed E-state index contributed by atoms with van der Waals surface area (Å²) in [6.45, 7) is 9.29. The number of allylic oxidation sites excluding steroid dienone is 4. The van der Waals surface area contributed by atoms with Gasteiger partial charge in [-0.1, -0.05) is 0 Å². The van der Waals surface area contributed by atoms with E-state index in [2.05, 4.69) is 68.4 Å². The average molecular weight is 428 g/mol. The fourth-order valence-electron chi connectivity index (χ4n) is 2.85. The van der Waals surface area contributed by atoms with Crippen LogP contribution in [-0.4, -0.2) is 18.6 Å². The third-order valence-electron chi connectivity index (χ3n) is 3.90. The summed E-state index contributed by atoms with van der Waals surface area (Å²) in [6, 6.07) is 6.57. The SMILES string of the molecule is Cc1cccc2[nH][c]([Zr+2][C]3=CC=CC3=[Si](C)C)c(C)c12.[Cl-].[Cl-]. The molecule has 0 saturated heterocycles. The zero-order valence-electron chi connectivity index (χ0n) is 13.2. The number of hydrogen-bond acceptors (Lipinski definition) is 0. The van der Waals surface area contributed by atoms with Crippen molar-refractivity contribution in [2.45, 2.75) is 26.9 Å². The Bertz CT molecular complexity index is 783. The van der Waals surface area contributed by atoms with Crippen LogP contribution >= 0.6 is 0 Å². The van der Waals surface area contributed by atoms with Gasteiger partial charge in [0, 0.05) is 0 Å². The molecule has 0 aliphatic heterocycles. The summed E-state index contributed by atoms with van der Waals surface area (Å²) in [6.07, 6.45) is 6.94. The second-order valence-corrected chi connectivity index (χ2v) is 11.3. The van der Waals surface area contributed by atoms with Crippen molar-refractivity contribution in [3.8, 4) is 0 Å². The number of aromatic amines is 1. The molecule has 1 heterocycles. The standard InChI is InChI=1S/C10H10N.C7H9Si.2ClH.Zr/c1-7-4-3-5-9-10(7)8(2)6-11-9;1-8(2)7-5-3-4-6-7;;;/h3-5,11H,1-2H3;3-5H,1-2H3;2*1H;/q;;;;+2/p-2. The van der Waals surface area contributed by atoms with E-state index in [1.54, 1.807) is 8.45 Å². The van der Waals surface area contributed by atoms with Crippen molar-refractivity contribution >= 4 is 27.9 Å². The van der Waals surface area contributed by atoms with Crippen molar-refractivity contribution in [3.05, 3.63) is 50.8 Å². The molecule has 114 valence electrons. The number of aryl methyl sites for hydroxylation is 2. The molecule has 0 fully saturated rings. The first kappa shape index (κ1) is 19.8. The Morgan fingerprint density at radius 2 is 1.82 bits per heavy atom. The molecule has 0 unspecified atom stereocenters. The first-order valence-electron chi connectivity index (χ1n) is 6.99. The third-order valence-corrected chi connectivity index (χ3v) is 9.60. The van der Waals surface area contributed by atoms with Gasteiger partial charge < -0.3 is 24.8 Å². The van der Waals surface area contributed by atoms with Crippen LogP contribution in [0.4, 0.5) is 0 Å². The van der Waals surface area contributed by atoms with Crippen LogP contribution in [0.3, 0.4) is 0 Å². The summed E-state index contributed by atoms with van der Waals surface area (Å²) in [5.74, 6) is 0. The molecule has 5 heteroatoms. The first-order chi connectivity index (χ1) is 9.58. The molecular formula is C17H19Cl2NSiZr. The van der Waals surface area contributed by atoms with E-state index in [1.807, 2.05) is 0 Å². The van der Waals surface area contributed by atoms with E-state index < -0.39 is 23.2 Å². The summed E-state index contributed by atoms with van der Waals surface area (Å²) >= 11 is -0.717. The number of benzene rings is 1. The molecular weight excluding hydrogens is 408 g/mol. The molecule has 0 atom stereocenters. The molecule has 3 rings (SSSR count). The molecule has 0 bridgehead atoms. The Morgan fingerprint density at radius 3 is 2.45 bits per heavy atom. The van der Waals surface area contributed by atoms with Gasteiger partial charge in [-0.15, -0.1) is 0 Å². The number of hydrogen-bond donors (Lipinski definition) is 1. The van der Waals surface area contributed by atoms with E-state index in [0.29, 0.717) is 0 Å². The Labute approximate surface area is 157 Å². The van der Waals surface area contributed by atoms with Crippen molar-refractivity contribution in [1.29, 1.82) is 0 Å². The minimum atomic E-state index is -0.717. The maximum Gasteiger partial charge on any atom is -1.00 e. The summed E-state index contributed by atoms with van der Waals surface area (Å²) in [7, 11) is -0.340. The fraction of sp³-hybridized carbons (Fsp3) is 0.235. The van der Waals surface area contributed by atoms with Crippen molar-refractivity contribution < 1.29 is 48.0 Å². The largest absolute Gasteiger partial charge is 1.00 e. The molecule has 0 saturated carbocycles. The van der Waals surface area contributed by atoms with E-state index in [4.69, 9.17) is 0 Å². The number of fused-ring (bicyclic) bond motifs is 1. The maximum atomic E-state index is 3.70. The molecule has 0 radical (unpaired) electrons. The molecule has 1 N–H and O–H groups in total. The average Bonchev–Trinajstić information content (AvgIpc) is 2.97. The van der Waals surface area contributed by atoms with Crippen molar-refractivity contribution in [1.82, 2.24) is 4.98 Å². The maximum absolute atomic E-state index is 3.70. The molecule has 1 aromatic heterocycles. The van der Waals surface area contributed by atoms with Crippen LogP contribution in [0.1, 0.15) is 11.1 Å². The Kier molecular flexibility index (Phi) is 7.26. The minimum absolute atomic E-state index is 0. The van der Waals surface area contributed by atoms with Crippen molar-refractivity contribution in [2.75, 3.05) is 0 Å². The van der Waals surface area contributed by atoms with Crippen LogP contribution in [0.5, 0.6) is 0 Å². The zero-order chi connectivity index (χ0) is 14.3. The van der Waals surface area contributed by atoms with Crippen molar-refractivity contribution in [2.24, 2.45) is 0 Å². The minimum Gasteiger partial charge on any atom is -1.00 e. The van der Waals surface area contributed by atoms with Gasteiger partial charge >= 0.3 is 134 Å². The predicted octanol–water partition coefficient (Wildman–Crippen LogP) is -2.54. The Morgan fingerprint density at radius 1 is 1.09 bits per heavy atom. The van der Waals surface area contributed by atoms with Gasteiger partial charge in [0.2, 0.25) is 0 Å². The fourth-order valence-corrected chi connectivity index (χ4v) is 9.00. The summed E-state index contributed by atoms with van der Waals surface area (Å²) < 4.78 is 3.20. The number of aromatic nitrogens is 1. The third kappa shape index (κ3) is 3.64. The van der Waals surface area contributed by atoms with Gasteiger partial charge in [-0.3, -0.25) is 0 Å². The van der Waals surface area contributed by atoms with Crippen LogP contribution in [-0.2, 0) is 23.2 Å². The molecule has 1 aliphatic rings. The van der Waals surface area contributed by atoms with Crippen LogP contribution in [0.2, 0.25) is 13.1 Å². The molecule has 1 aliphatic carbocycles. The normalized spacial score (nSPS) is 12.5. The molecule has 0 amide bonds. The van der Waals surface area contributed by atoms with E-state index >= 15 is 0 Å². The van der Waals surface area contributed by atoms with Gasteiger partial charge in [-0.25, -0.2) is 0 Å². The van der Waals surface area contributed by atoms with E-state index in [1.165, 1.54) is 25.4 Å². The smallest absolute Gasteiger partial charge is 1.00 e. The summed E-state index contributed by atoms with van der Waals surface area (Å²) in [5, 5.41) is 3.09. The van der Waals surface area contributed by atoms with Crippen LogP contribution in [0, 0.1) is 13.8 Å². The van der Waals surface area contributed by atoms with Crippen LogP contribution in [0.25, 0.3) is 10.9 Å². The van der Waals surface area contributed by atoms with Gasteiger partial charge in [-0.05, 0) is 0 Å². The number of rotatable bonds is 2.